The highest BCUT2D eigenvalue weighted by molar-refractivity contribution is 5.53. The molecular weight excluding hydrogens is 422 g/mol. The predicted molar refractivity (Wildman–Crippen MR) is 140 cm³/mol. The summed E-state index contributed by atoms with van der Waals surface area (Å²) in [5.74, 6) is 1.89. The normalized spacial score (nSPS) is 19.7. The second-order valence-electron chi connectivity index (χ2n) is 9.78. The number of aromatic nitrogens is 2. The summed E-state index contributed by atoms with van der Waals surface area (Å²) in [5, 5.41) is 16.4. The van der Waals surface area contributed by atoms with Gasteiger partial charge in [-0.1, -0.05) is 18.2 Å². The minimum atomic E-state index is 0.436. The summed E-state index contributed by atoms with van der Waals surface area (Å²) in [6.07, 6.45) is 9.76. The molecule has 7 heteroatoms. The van der Waals surface area contributed by atoms with Gasteiger partial charge in [0.15, 0.2) is 0 Å². The molecule has 0 aliphatic heterocycles. The summed E-state index contributed by atoms with van der Waals surface area (Å²) in [5.41, 5.74) is 3.77. The first-order chi connectivity index (χ1) is 16.6. The van der Waals surface area contributed by atoms with E-state index in [2.05, 4.69) is 64.9 Å². The van der Waals surface area contributed by atoms with Crippen molar-refractivity contribution in [1.29, 1.82) is 5.26 Å². The SMILES string of the molecule is CN(C)c1nc(N[C@H]2CC[C@@H](NCCN(CCC#N)c3ccccc3)CC2)nc2c1CCCC2. The molecule has 0 unspecified atom stereocenters. The van der Waals surface area contributed by atoms with Crippen molar-refractivity contribution in [3.8, 4) is 6.07 Å². The van der Waals surface area contributed by atoms with E-state index in [-0.39, 0.29) is 0 Å². The van der Waals surface area contributed by atoms with Crippen molar-refractivity contribution in [1.82, 2.24) is 15.3 Å². The second kappa shape index (κ2) is 12.0. The highest BCUT2D eigenvalue weighted by atomic mass is 15.2. The Hall–Kier alpha value is -2.85. The molecule has 1 aromatic heterocycles. The third kappa shape index (κ3) is 6.38. The van der Waals surface area contributed by atoms with E-state index in [1.165, 1.54) is 29.8 Å². The van der Waals surface area contributed by atoms with Crippen LogP contribution < -0.4 is 20.4 Å². The van der Waals surface area contributed by atoms with Crippen molar-refractivity contribution in [3.63, 3.8) is 0 Å². The molecule has 0 amide bonds. The van der Waals surface area contributed by atoms with Crippen LogP contribution in [0.1, 0.15) is 56.2 Å². The fourth-order valence-electron chi connectivity index (χ4n) is 5.23. The van der Waals surface area contributed by atoms with Crippen LogP contribution in [0.5, 0.6) is 0 Å². The molecule has 2 aliphatic carbocycles. The average Bonchev–Trinajstić information content (AvgIpc) is 2.87. The van der Waals surface area contributed by atoms with Crippen LogP contribution in [0.2, 0.25) is 0 Å². The van der Waals surface area contributed by atoms with Gasteiger partial charge in [0.25, 0.3) is 0 Å². The summed E-state index contributed by atoms with van der Waals surface area (Å²) in [4.78, 5) is 14.2. The lowest BCUT2D eigenvalue weighted by molar-refractivity contribution is 0.355. The highest BCUT2D eigenvalue weighted by Gasteiger charge is 2.24. The average molecular weight is 462 g/mol. The molecule has 0 spiro atoms. The van der Waals surface area contributed by atoms with Gasteiger partial charge in [-0.15, -0.1) is 0 Å². The van der Waals surface area contributed by atoms with Gasteiger partial charge in [-0.25, -0.2) is 4.98 Å². The van der Waals surface area contributed by atoms with Crippen LogP contribution in [0.15, 0.2) is 30.3 Å². The Kier molecular flexibility index (Phi) is 8.59. The van der Waals surface area contributed by atoms with E-state index < -0.39 is 0 Å². The number of fused-ring (bicyclic) bond motifs is 1. The van der Waals surface area contributed by atoms with Crippen molar-refractivity contribution < 1.29 is 0 Å². The van der Waals surface area contributed by atoms with E-state index in [4.69, 9.17) is 15.2 Å². The smallest absolute Gasteiger partial charge is 0.225 e. The van der Waals surface area contributed by atoms with E-state index in [0.717, 1.165) is 69.9 Å². The molecule has 1 fully saturated rings. The summed E-state index contributed by atoms with van der Waals surface area (Å²) in [6.45, 7) is 2.62. The number of hydrogen-bond donors (Lipinski definition) is 2. The zero-order valence-corrected chi connectivity index (χ0v) is 20.8. The first-order valence-corrected chi connectivity index (χ1v) is 12.9. The summed E-state index contributed by atoms with van der Waals surface area (Å²) in [6, 6.07) is 13.7. The minimum Gasteiger partial charge on any atom is -0.369 e. The van der Waals surface area contributed by atoms with E-state index in [1.807, 2.05) is 6.07 Å². The summed E-state index contributed by atoms with van der Waals surface area (Å²) >= 11 is 0. The summed E-state index contributed by atoms with van der Waals surface area (Å²) < 4.78 is 0. The molecular formula is C27H39N7. The lowest BCUT2D eigenvalue weighted by Crippen LogP contribution is -2.41. The molecule has 1 saturated carbocycles. The molecule has 0 bridgehead atoms. The van der Waals surface area contributed by atoms with Crippen LogP contribution in [0.4, 0.5) is 17.5 Å². The van der Waals surface area contributed by atoms with Crippen LogP contribution in [0.3, 0.4) is 0 Å². The topological polar surface area (TPSA) is 80.1 Å². The Balaban J connectivity index is 1.25. The van der Waals surface area contributed by atoms with Gasteiger partial charge >= 0.3 is 0 Å². The number of anilines is 3. The molecule has 0 radical (unpaired) electrons. The number of aryl methyl sites for hydroxylation is 1. The standard InChI is InChI=1S/C27H39N7/c1-33(2)26-24-11-6-7-12-25(24)31-27(32-26)30-22-15-13-21(14-16-22)29-18-20-34(19-8-17-28)23-9-4-3-5-10-23/h3-5,9-10,21-22,29H,6-8,11-16,18-20H2,1-2H3,(H,30,31,32)/t21-,22+. The molecule has 182 valence electrons. The van der Waals surface area contributed by atoms with Gasteiger partial charge in [0.1, 0.15) is 5.82 Å². The van der Waals surface area contributed by atoms with Gasteiger partial charge in [0.2, 0.25) is 5.95 Å². The molecule has 2 aliphatic rings. The van der Waals surface area contributed by atoms with Gasteiger partial charge in [-0.2, -0.15) is 10.2 Å². The maximum atomic E-state index is 9.01. The maximum Gasteiger partial charge on any atom is 0.225 e. The third-order valence-electron chi connectivity index (χ3n) is 7.07. The molecule has 2 aromatic rings. The predicted octanol–water partition coefficient (Wildman–Crippen LogP) is 4.15. The highest BCUT2D eigenvalue weighted by Crippen LogP contribution is 2.29. The number of benzene rings is 1. The molecule has 2 N–H and O–H groups in total. The number of hydrogen-bond acceptors (Lipinski definition) is 7. The maximum absolute atomic E-state index is 9.01. The van der Waals surface area contributed by atoms with Gasteiger partial charge in [0.05, 0.1) is 18.2 Å². The molecule has 0 saturated heterocycles. The fraction of sp³-hybridized carbons (Fsp3) is 0.593. The minimum absolute atomic E-state index is 0.436. The second-order valence-corrected chi connectivity index (χ2v) is 9.78. The number of nitrogens with one attached hydrogen (secondary N) is 2. The molecule has 4 rings (SSSR count). The van der Waals surface area contributed by atoms with Crippen LogP contribution in [0.25, 0.3) is 0 Å². The van der Waals surface area contributed by atoms with E-state index in [9.17, 15) is 0 Å². The summed E-state index contributed by atoms with van der Waals surface area (Å²) in [7, 11) is 4.16. The van der Waals surface area contributed by atoms with Gasteiger partial charge in [-0.3, -0.25) is 0 Å². The Morgan fingerprint density at radius 3 is 2.44 bits per heavy atom. The lowest BCUT2D eigenvalue weighted by atomic mass is 9.91. The van der Waals surface area contributed by atoms with Crippen molar-refractivity contribution in [2.45, 2.75) is 69.9 Å². The Bertz CT molecular complexity index is 945. The van der Waals surface area contributed by atoms with Crippen molar-refractivity contribution in [3.05, 3.63) is 41.6 Å². The van der Waals surface area contributed by atoms with Crippen molar-refractivity contribution in [2.24, 2.45) is 0 Å². The molecule has 0 atom stereocenters. The zero-order chi connectivity index (χ0) is 23.8. The Morgan fingerprint density at radius 2 is 1.71 bits per heavy atom. The van der Waals surface area contributed by atoms with Gasteiger partial charge in [-0.05, 0) is 63.5 Å². The molecule has 34 heavy (non-hydrogen) atoms. The quantitative estimate of drug-likeness (QED) is 0.550. The van der Waals surface area contributed by atoms with Crippen LogP contribution in [-0.2, 0) is 12.8 Å². The van der Waals surface area contributed by atoms with E-state index >= 15 is 0 Å². The van der Waals surface area contributed by atoms with Crippen molar-refractivity contribution in [2.75, 3.05) is 48.8 Å². The van der Waals surface area contributed by atoms with Gasteiger partial charge in [0, 0.05) is 57.1 Å². The van der Waals surface area contributed by atoms with E-state index in [1.54, 1.807) is 0 Å². The Morgan fingerprint density at radius 1 is 0.971 bits per heavy atom. The van der Waals surface area contributed by atoms with Crippen molar-refractivity contribution >= 4 is 17.5 Å². The fourth-order valence-corrected chi connectivity index (χ4v) is 5.23. The van der Waals surface area contributed by atoms with Crippen LogP contribution >= 0.6 is 0 Å². The zero-order valence-electron chi connectivity index (χ0n) is 20.8. The molecule has 1 aromatic carbocycles. The number of para-hydroxylation sites is 1. The Labute approximate surface area is 204 Å². The first kappa shape index (κ1) is 24.3. The van der Waals surface area contributed by atoms with Gasteiger partial charge < -0.3 is 20.4 Å². The number of nitrogens with zero attached hydrogens (tertiary/aromatic N) is 5. The molecule has 7 nitrogen and oxygen atoms in total. The lowest BCUT2D eigenvalue weighted by Gasteiger charge is -2.31. The largest absolute Gasteiger partial charge is 0.369 e. The number of nitriles is 1. The first-order valence-electron chi connectivity index (χ1n) is 12.9. The van der Waals surface area contributed by atoms with E-state index in [0.29, 0.717) is 18.5 Å². The third-order valence-corrected chi connectivity index (χ3v) is 7.07. The monoisotopic (exact) mass is 461 g/mol. The van der Waals surface area contributed by atoms with Crippen LogP contribution in [0, 0.1) is 11.3 Å². The number of rotatable bonds is 10. The molecule has 1 heterocycles. The van der Waals surface area contributed by atoms with Crippen LogP contribution in [-0.4, -0.2) is 55.8 Å².